The second-order valence-electron chi connectivity index (χ2n) is 2.66. The summed E-state index contributed by atoms with van der Waals surface area (Å²) in [5, 5.41) is 7.64. The second-order valence-corrected chi connectivity index (χ2v) is 2.66. The van der Waals surface area contributed by atoms with E-state index in [9.17, 15) is 0 Å². The molecule has 0 aromatic carbocycles. The minimum Gasteiger partial charge on any atom is -0.364 e. The van der Waals surface area contributed by atoms with Gasteiger partial charge in [-0.3, -0.25) is 5.32 Å². The van der Waals surface area contributed by atoms with E-state index in [2.05, 4.69) is 16.7 Å². The maximum Gasteiger partial charge on any atom is 0.0578 e. The monoisotopic (exact) mass is 135 g/mol. The highest BCUT2D eigenvalue weighted by atomic mass is 15.0. The van der Waals surface area contributed by atoms with Gasteiger partial charge in [0.05, 0.1) is 5.70 Å². The van der Waals surface area contributed by atoms with Gasteiger partial charge in [0.25, 0.3) is 0 Å². The third-order valence-electron chi connectivity index (χ3n) is 1.92. The van der Waals surface area contributed by atoms with Crippen molar-refractivity contribution in [3.05, 3.63) is 23.7 Å². The Balaban J connectivity index is 2.17. The SMILES string of the molecule is C1=CNC2=C(C1)[N]CCC2. The molecule has 10 heavy (non-hydrogen) atoms. The summed E-state index contributed by atoms with van der Waals surface area (Å²) < 4.78 is 0. The maximum absolute atomic E-state index is 4.42. The van der Waals surface area contributed by atoms with Gasteiger partial charge >= 0.3 is 0 Å². The molecule has 53 valence electrons. The molecule has 0 saturated heterocycles. The van der Waals surface area contributed by atoms with Gasteiger partial charge in [0.1, 0.15) is 0 Å². The molecule has 0 unspecified atom stereocenters. The smallest absolute Gasteiger partial charge is 0.0578 e. The Morgan fingerprint density at radius 2 is 2.50 bits per heavy atom. The highest BCUT2D eigenvalue weighted by Crippen LogP contribution is 2.18. The summed E-state index contributed by atoms with van der Waals surface area (Å²) in [6, 6.07) is 0. The summed E-state index contributed by atoms with van der Waals surface area (Å²) in [6.45, 7) is 1.02. The summed E-state index contributed by atoms with van der Waals surface area (Å²) >= 11 is 0. The van der Waals surface area contributed by atoms with E-state index in [1.807, 2.05) is 6.20 Å². The molecule has 1 radical (unpaired) electrons. The molecule has 2 heterocycles. The van der Waals surface area contributed by atoms with Crippen molar-refractivity contribution in [3.8, 4) is 0 Å². The van der Waals surface area contributed by atoms with E-state index >= 15 is 0 Å². The van der Waals surface area contributed by atoms with Crippen LogP contribution in [0.25, 0.3) is 0 Å². The van der Waals surface area contributed by atoms with Crippen LogP contribution >= 0.6 is 0 Å². The molecule has 2 rings (SSSR count). The van der Waals surface area contributed by atoms with Crippen LogP contribution in [0.15, 0.2) is 23.7 Å². The summed E-state index contributed by atoms with van der Waals surface area (Å²) in [7, 11) is 0. The molecule has 2 aliphatic heterocycles. The number of hydrogen-bond acceptors (Lipinski definition) is 1. The topological polar surface area (TPSA) is 26.1 Å². The van der Waals surface area contributed by atoms with Gasteiger partial charge in [-0.2, -0.15) is 0 Å². The molecule has 2 aliphatic rings. The van der Waals surface area contributed by atoms with Gasteiger partial charge in [0.15, 0.2) is 0 Å². The summed E-state index contributed by atoms with van der Waals surface area (Å²) in [4.78, 5) is 0. The van der Waals surface area contributed by atoms with Crippen molar-refractivity contribution < 1.29 is 0 Å². The van der Waals surface area contributed by atoms with E-state index in [0.29, 0.717) is 0 Å². The number of rotatable bonds is 0. The Hall–Kier alpha value is -0.920. The van der Waals surface area contributed by atoms with Gasteiger partial charge in [0.2, 0.25) is 0 Å². The van der Waals surface area contributed by atoms with E-state index in [-0.39, 0.29) is 0 Å². The van der Waals surface area contributed by atoms with E-state index in [1.165, 1.54) is 24.2 Å². The number of nitrogens with one attached hydrogen (secondary N) is 1. The molecule has 0 aromatic heterocycles. The summed E-state index contributed by atoms with van der Waals surface area (Å²) in [6.07, 6.45) is 7.55. The standard InChI is InChI=1S/C8H11N2/c1-3-7-8(9-5-1)4-2-6-10-7/h1,5,9H,2-4,6H2. The van der Waals surface area contributed by atoms with Gasteiger partial charge in [-0.1, -0.05) is 6.08 Å². The van der Waals surface area contributed by atoms with Gasteiger partial charge in [-0.15, -0.1) is 0 Å². The zero-order chi connectivity index (χ0) is 6.81. The fraction of sp³-hybridized carbons (Fsp3) is 0.500. The average Bonchev–Trinajstić information content (AvgIpc) is 2.05. The average molecular weight is 135 g/mol. The van der Waals surface area contributed by atoms with E-state index < -0.39 is 0 Å². The zero-order valence-electron chi connectivity index (χ0n) is 5.93. The molecule has 0 atom stereocenters. The molecule has 0 amide bonds. The van der Waals surface area contributed by atoms with Crippen molar-refractivity contribution in [3.63, 3.8) is 0 Å². The second kappa shape index (κ2) is 2.37. The van der Waals surface area contributed by atoms with Crippen LogP contribution in [0.2, 0.25) is 0 Å². The molecule has 2 heteroatoms. The Labute approximate surface area is 61.0 Å². The zero-order valence-corrected chi connectivity index (χ0v) is 5.93. The van der Waals surface area contributed by atoms with Gasteiger partial charge in [-0.05, 0) is 19.0 Å². The Morgan fingerprint density at radius 1 is 1.50 bits per heavy atom. The Bertz CT molecular complexity index is 171. The molecule has 0 spiro atoms. The third kappa shape index (κ3) is 0.897. The summed E-state index contributed by atoms with van der Waals surface area (Å²) in [5.74, 6) is 0. The fourth-order valence-electron chi connectivity index (χ4n) is 1.38. The Morgan fingerprint density at radius 3 is 3.40 bits per heavy atom. The number of nitrogens with zero attached hydrogens (tertiary/aromatic N) is 1. The van der Waals surface area contributed by atoms with Crippen LogP contribution < -0.4 is 10.6 Å². The lowest BCUT2D eigenvalue weighted by molar-refractivity contribution is 0.608. The molecule has 2 nitrogen and oxygen atoms in total. The molecular formula is C8H11N2. The van der Waals surface area contributed by atoms with Crippen molar-refractivity contribution in [2.24, 2.45) is 0 Å². The van der Waals surface area contributed by atoms with Crippen molar-refractivity contribution in [2.75, 3.05) is 6.54 Å². The molecule has 0 aromatic rings. The van der Waals surface area contributed by atoms with Crippen molar-refractivity contribution in [1.29, 1.82) is 0 Å². The van der Waals surface area contributed by atoms with Crippen molar-refractivity contribution in [2.45, 2.75) is 19.3 Å². The predicted octanol–water partition coefficient (Wildman–Crippen LogP) is 1.10. The molecule has 0 bridgehead atoms. The lowest BCUT2D eigenvalue weighted by Crippen LogP contribution is -2.23. The van der Waals surface area contributed by atoms with E-state index in [1.54, 1.807) is 0 Å². The lowest BCUT2D eigenvalue weighted by atomic mass is 10.1. The quantitative estimate of drug-likeness (QED) is 0.529. The van der Waals surface area contributed by atoms with Gasteiger partial charge in [0, 0.05) is 18.7 Å². The number of dihydropyridines is 1. The minimum atomic E-state index is 1.02. The van der Waals surface area contributed by atoms with Crippen LogP contribution in [0.1, 0.15) is 19.3 Å². The van der Waals surface area contributed by atoms with Gasteiger partial charge < -0.3 is 5.32 Å². The number of hydrogen-bond donors (Lipinski definition) is 1. The largest absolute Gasteiger partial charge is 0.364 e. The maximum atomic E-state index is 4.42. The van der Waals surface area contributed by atoms with Crippen molar-refractivity contribution in [1.82, 2.24) is 10.6 Å². The molecule has 0 fully saturated rings. The molecular weight excluding hydrogens is 124 g/mol. The van der Waals surface area contributed by atoms with Crippen LogP contribution in [0.5, 0.6) is 0 Å². The first-order chi connectivity index (χ1) is 4.97. The van der Waals surface area contributed by atoms with E-state index in [0.717, 1.165) is 13.0 Å². The highest BCUT2D eigenvalue weighted by molar-refractivity contribution is 5.21. The minimum absolute atomic E-state index is 1.02. The van der Waals surface area contributed by atoms with Crippen LogP contribution in [0.4, 0.5) is 0 Å². The normalized spacial score (nSPS) is 23.2. The van der Waals surface area contributed by atoms with Crippen LogP contribution in [-0.2, 0) is 0 Å². The first kappa shape index (κ1) is 5.83. The third-order valence-corrected chi connectivity index (χ3v) is 1.92. The number of allylic oxidation sites excluding steroid dienone is 2. The molecule has 1 N–H and O–H groups in total. The fourth-order valence-corrected chi connectivity index (χ4v) is 1.38. The Kier molecular flexibility index (Phi) is 1.38. The van der Waals surface area contributed by atoms with Crippen LogP contribution in [0.3, 0.4) is 0 Å². The first-order valence-corrected chi connectivity index (χ1v) is 3.78. The van der Waals surface area contributed by atoms with Gasteiger partial charge in [-0.25, -0.2) is 0 Å². The highest BCUT2D eigenvalue weighted by Gasteiger charge is 2.13. The van der Waals surface area contributed by atoms with Crippen LogP contribution in [0, 0.1) is 0 Å². The predicted molar refractivity (Wildman–Crippen MR) is 40.2 cm³/mol. The summed E-state index contributed by atoms with van der Waals surface area (Å²) in [5.41, 5.74) is 2.61. The van der Waals surface area contributed by atoms with Crippen LogP contribution in [-0.4, -0.2) is 6.54 Å². The van der Waals surface area contributed by atoms with E-state index in [4.69, 9.17) is 0 Å². The molecule has 0 saturated carbocycles. The van der Waals surface area contributed by atoms with Crippen molar-refractivity contribution >= 4 is 0 Å². The molecule has 0 aliphatic carbocycles. The lowest BCUT2D eigenvalue weighted by Gasteiger charge is -2.21. The first-order valence-electron chi connectivity index (χ1n) is 3.78.